The van der Waals surface area contributed by atoms with Crippen molar-refractivity contribution in [2.45, 2.75) is 13.8 Å². The summed E-state index contributed by atoms with van der Waals surface area (Å²) in [6, 6.07) is 5.08. The predicted octanol–water partition coefficient (Wildman–Crippen LogP) is 1.26. The largest absolute Gasteiger partial charge is 0.481 e. The van der Waals surface area contributed by atoms with Crippen molar-refractivity contribution in [3.8, 4) is 0 Å². The lowest BCUT2D eigenvalue weighted by atomic mass is 10.1. The lowest BCUT2D eigenvalue weighted by Crippen LogP contribution is -2.37. The van der Waals surface area contributed by atoms with E-state index in [1.807, 2.05) is 6.92 Å². The van der Waals surface area contributed by atoms with Crippen molar-refractivity contribution in [3.63, 3.8) is 0 Å². The summed E-state index contributed by atoms with van der Waals surface area (Å²) in [6.45, 7) is 4.06. The molecule has 0 aliphatic carbocycles. The summed E-state index contributed by atoms with van der Waals surface area (Å²) in [5, 5.41) is 8.83. The minimum atomic E-state index is -0.905. The van der Waals surface area contributed by atoms with Crippen molar-refractivity contribution in [3.05, 3.63) is 30.1 Å². The van der Waals surface area contributed by atoms with Gasteiger partial charge in [0.1, 0.15) is 5.69 Å². The van der Waals surface area contributed by atoms with Gasteiger partial charge >= 0.3 is 5.97 Å². The highest BCUT2D eigenvalue weighted by Gasteiger charge is 2.20. The van der Waals surface area contributed by atoms with E-state index in [9.17, 15) is 9.59 Å². The molecule has 1 N–H and O–H groups in total. The van der Waals surface area contributed by atoms with Crippen LogP contribution in [0, 0.1) is 5.92 Å². The van der Waals surface area contributed by atoms with E-state index in [4.69, 9.17) is 5.11 Å². The molecule has 0 bridgehead atoms. The van der Waals surface area contributed by atoms with Crippen LogP contribution in [0.3, 0.4) is 0 Å². The van der Waals surface area contributed by atoms with E-state index >= 15 is 0 Å². The van der Waals surface area contributed by atoms with Crippen LogP contribution in [0.25, 0.3) is 0 Å². The fourth-order valence-corrected chi connectivity index (χ4v) is 1.42. The minimum Gasteiger partial charge on any atom is -0.481 e. The van der Waals surface area contributed by atoms with Crippen molar-refractivity contribution < 1.29 is 14.7 Å². The first kappa shape index (κ1) is 13.2. The highest BCUT2D eigenvalue weighted by molar-refractivity contribution is 5.92. The van der Waals surface area contributed by atoms with Crippen LogP contribution in [0.1, 0.15) is 24.3 Å². The van der Waals surface area contributed by atoms with Gasteiger partial charge in [0.15, 0.2) is 0 Å². The highest BCUT2D eigenvalue weighted by Crippen LogP contribution is 2.05. The third-order valence-electron chi connectivity index (χ3n) is 2.47. The Morgan fingerprint density at radius 2 is 2.18 bits per heavy atom. The molecular formula is C12H16N2O3. The second-order valence-electron chi connectivity index (χ2n) is 3.80. The molecule has 1 amide bonds. The van der Waals surface area contributed by atoms with Crippen LogP contribution < -0.4 is 0 Å². The van der Waals surface area contributed by atoms with Crippen molar-refractivity contribution in [1.82, 2.24) is 9.88 Å². The summed E-state index contributed by atoms with van der Waals surface area (Å²) in [4.78, 5) is 28.2. The van der Waals surface area contributed by atoms with Crippen LogP contribution in [0.15, 0.2) is 24.4 Å². The molecule has 1 unspecified atom stereocenters. The Kier molecular flexibility index (Phi) is 4.63. The van der Waals surface area contributed by atoms with Crippen molar-refractivity contribution in [2.24, 2.45) is 5.92 Å². The molecular weight excluding hydrogens is 220 g/mol. The molecule has 0 saturated carbocycles. The molecule has 0 aliphatic rings. The van der Waals surface area contributed by atoms with Gasteiger partial charge in [0.2, 0.25) is 0 Å². The molecule has 17 heavy (non-hydrogen) atoms. The molecule has 1 aromatic rings. The first-order valence-corrected chi connectivity index (χ1v) is 5.49. The van der Waals surface area contributed by atoms with Crippen LogP contribution in [0.5, 0.6) is 0 Å². The number of nitrogens with zero attached hydrogens (tertiary/aromatic N) is 2. The second kappa shape index (κ2) is 5.98. The predicted molar refractivity (Wildman–Crippen MR) is 62.6 cm³/mol. The van der Waals surface area contributed by atoms with E-state index in [0.29, 0.717) is 12.2 Å². The zero-order valence-electron chi connectivity index (χ0n) is 9.96. The Balaban J connectivity index is 2.75. The Morgan fingerprint density at radius 3 is 2.65 bits per heavy atom. The maximum absolute atomic E-state index is 12.0. The summed E-state index contributed by atoms with van der Waals surface area (Å²) >= 11 is 0. The number of aliphatic carboxylic acids is 1. The van der Waals surface area contributed by atoms with Gasteiger partial charge in [-0.05, 0) is 19.1 Å². The Morgan fingerprint density at radius 1 is 1.47 bits per heavy atom. The van der Waals surface area contributed by atoms with Crippen molar-refractivity contribution in [1.29, 1.82) is 0 Å². The van der Waals surface area contributed by atoms with Crippen LogP contribution in [-0.2, 0) is 4.79 Å². The van der Waals surface area contributed by atoms with Gasteiger partial charge in [0.05, 0.1) is 5.92 Å². The molecule has 0 radical (unpaired) electrons. The van der Waals surface area contributed by atoms with E-state index in [-0.39, 0.29) is 12.5 Å². The van der Waals surface area contributed by atoms with Gasteiger partial charge in [-0.15, -0.1) is 0 Å². The summed E-state index contributed by atoms with van der Waals surface area (Å²) in [5.74, 6) is -1.72. The smallest absolute Gasteiger partial charge is 0.308 e. The quantitative estimate of drug-likeness (QED) is 0.835. The highest BCUT2D eigenvalue weighted by atomic mass is 16.4. The maximum atomic E-state index is 12.0. The lowest BCUT2D eigenvalue weighted by molar-refractivity contribution is -0.141. The van der Waals surface area contributed by atoms with Gasteiger partial charge in [-0.1, -0.05) is 13.0 Å². The summed E-state index contributed by atoms with van der Waals surface area (Å²) in [6.07, 6.45) is 1.54. The average Bonchev–Trinajstić information content (AvgIpc) is 2.35. The van der Waals surface area contributed by atoms with Gasteiger partial charge in [-0.2, -0.15) is 0 Å². The second-order valence-corrected chi connectivity index (χ2v) is 3.80. The zero-order chi connectivity index (χ0) is 12.8. The molecule has 0 aromatic carbocycles. The minimum absolute atomic E-state index is 0.196. The number of hydrogen-bond acceptors (Lipinski definition) is 3. The third kappa shape index (κ3) is 3.55. The first-order valence-electron chi connectivity index (χ1n) is 5.49. The number of carboxylic acids is 1. The molecule has 0 fully saturated rings. The third-order valence-corrected chi connectivity index (χ3v) is 2.47. The van der Waals surface area contributed by atoms with E-state index in [1.165, 1.54) is 4.90 Å². The fourth-order valence-electron chi connectivity index (χ4n) is 1.42. The normalized spacial score (nSPS) is 11.9. The number of aromatic nitrogens is 1. The van der Waals surface area contributed by atoms with E-state index in [2.05, 4.69) is 4.98 Å². The number of amides is 1. The molecule has 0 spiro atoms. The summed E-state index contributed by atoms with van der Waals surface area (Å²) in [7, 11) is 0. The number of hydrogen-bond donors (Lipinski definition) is 1. The van der Waals surface area contributed by atoms with Gasteiger partial charge in [-0.25, -0.2) is 0 Å². The van der Waals surface area contributed by atoms with Crippen molar-refractivity contribution >= 4 is 11.9 Å². The van der Waals surface area contributed by atoms with Gasteiger partial charge in [0, 0.05) is 19.3 Å². The maximum Gasteiger partial charge on any atom is 0.308 e. The Hall–Kier alpha value is -1.91. The summed E-state index contributed by atoms with van der Waals surface area (Å²) < 4.78 is 0. The lowest BCUT2D eigenvalue weighted by Gasteiger charge is -2.22. The van der Waals surface area contributed by atoms with Gasteiger partial charge in [0.25, 0.3) is 5.91 Å². The molecule has 1 atom stereocenters. The topological polar surface area (TPSA) is 70.5 Å². The number of carboxylic acid groups (broad SMARTS) is 1. The number of pyridine rings is 1. The summed E-state index contributed by atoms with van der Waals surface area (Å²) in [5.41, 5.74) is 0.340. The van der Waals surface area contributed by atoms with Crippen LogP contribution in [0.4, 0.5) is 0 Å². The van der Waals surface area contributed by atoms with Gasteiger partial charge in [-0.3, -0.25) is 14.6 Å². The average molecular weight is 236 g/mol. The SMILES string of the molecule is CCN(CC(C)C(=O)O)C(=O)c1ccccn1. The monoisotopic (exact) mass is 236 g/mol. The molecule has 92 valence electrons. The molecule has 1 heterocycles. The number of carbonyl (C=O) groups excluding carboxylic acids is 1. The number of rotatable bonds is 5. The molecule has 1 aromatic heterocycles. The van der Waals surface area contributed by atoms with Crippen LogP contribution in [-0.4, -0.2) is 40.0 Å². The van der Waals surface area contributed by atoms with E-state index in [1.54, 1.807) is 31.3 Å². The molecule has 5 heteroatoms. The Bertz CT molecular complexity index is 392. The molecule has 0 aliphatic heterocycles. The first-order chi connectivity index (χ1) is 8.06. The standard InChI is InChI=1S/C12H16N2O3/c1-3-14(8-9(2)12(16)17)11(15)10-6-4-5-7-13-10/h4-7,9H,3,8H2,1-2H3,(H,16,17). The van der Waals surface area contributed by atoms with E-state index < -0.39 is 11.9 Å². The van der Waals surface area contributed by atoms with Crippen molar-refractivity contribution in [2.75, 3.05) is 13.1 Å². The fraction of sp³-hybridized carbons (Fsp3) is 0.417. The molecule has 1 rings (SSSR count). The van der Waals surface area contributed by atoms with E-state index in [0.717, 1.165) is 0 Å². The van der Waals surface area contributed by atoms with Crippen LogP contribution >= 0.6 is 0 Å². The molecule has 0 saturated heterocycles. The number of carbonyl (C=O) groups is 2. The van der Waals surface area contributed by atoms with Gasteiger partial charge < -0.3 is 10.0 Å². The Labute approximate surface area is 100 Å². The molecule has 5 nitrogen and oxygen atoms in total. The van der Waals surface area contributed by atoms with Crippen LogP contribution in [0.2, 0.25) is 0 Å². The zero-order valence-corrected chi connectivity index (χ0v) is 9.96.